The molecule has 3 rings (SSSR count). The zero-order chi connectivity index (χ0) is 21.0. The molecule has 0 saturated heterocycles. The van der Waals surface area contributed by atoms with Crippen LogP contribution in [-0.2, 0) is 5.41 Å². The lowest BCUT2D eigenvalue weighted by atomic mass is 9.87. The van der Waals surface area contributed by atoms with Crippen molar-refractivity contribution >= 4 is 23.0 Å². The van der Waals surface area contributed by atoms with Gasteiger partial charge in [-0.3, -0.25) is 4.79 Å². The Bertz CT molecular complexity index is 1040. The number of azo groups is 1. The summed E-state index contributed by atoms with van der Waals surface area (Å²) in [5.74, 6) is -0.122. The van der Waals surface area contributed by atoms with E-state index in [-0.39, 0.29) is 11.3 Å². The van der Waals surface area contributed by atoms with Gasteiger partial charge < -0.3 is 5.32 Å². The van der Waals surface area contributed by atoms with Crippen molar-refractivity contribution in [3.8, 4) is 0 Å². The van der Waals surface area contributed by atoms with Gasteiger partial charge in [-0.05, 0) is 72.4 Å². The molecule has 3 aromatic carbocycles. The largest absolute Gasteiger partial charge is 0.322 e. The first kappa shape index (κ1) is 20.5. The topological polar surface area (TPSA) is 53.8 Å². The van der Waals surface area contributed by atoms with Crippen LogP contribution < -0.4 is 5.32 Å². The number of anilines is 1. The van der Waals surface area contributed by atoms with Crippen molar-refractivity contribution < 1.29 is 4.79 Å². The van der Waals surface area contributed by atoms with Gasteiger partial charge in [0.05, 0.1) is 11.4 Å². The third-order valence-electron chi connectivity index (χ3n) is 4.86. The van der Waals surface area contributed by atoms with Crippen LogP contribution >= 0.6 is 0 Å². The molecule has 0 bridgehead atoms. The number of rotatable bonds is 4. The molecule has 0 aromatic heterocycles. The van der Waals surface area contributed by atoms with Gasteiger partial charge in [-0.2, -0.15) is 10.2 Å². The van der Waals surface area contributed by atoms with Crippen LogP contribution in [0.4, 0.5) is 17.1 Å². The molecule has 1 amide bonds. The van der Waals surface area contributed by atoms with E-state index in [0.29, 0.717) is 5.56 Å². The van der Waals surface area contributed by atoms with Gasteiger partial charge in [-0.1, -0.05) is 51.1 Å². The lowest BCUT2D eigenvalue weighted by Gasteiger charge is -2.19. The molecule has 0 heterocycles. The van der Waals surface area contributed by atoms with Crippen molar-refractivity contribution in [2.75, 3.05) is 5.32 Å². The summed E-state index contributed by atoms with van der Waals surface area (Å²) in [6.45, 7) is 10.4. The summed E-state index contributed by atoms with van der Waals surface area (Å²) in [6.07, 6.45) is 0. The lowest BCUT2D eigenvalue weighted by Crippen LogP contribution is -2.14. The Morgan fingerprint density at radius 3 is 2.14 bits per heavy atom. The first-order valence-corrected chi connectivity index (χ1v) is 9.74. The SMILES string of the molecule is Cc1ccccc1N=Nc1ccc(NC(=O)c2ccc(C(C)(C)C)cc2)c(C)c1. The summed E-state index contributed by atoms with van der Waals surface area (Å²) >= 11 is 0. The van der Waals surface area contributed by atoms with E-state index >= 15 is 0 Å². The molecule has 0 aliphatic carbocycles. The number of carbonyl (C=O) groups excluding carboxylic acids is 1. The minimum atomic E-state index is -0.122. The molecule has 3 aromatic rings. The molecule has 0 aliphatic rings. The first-order valence-electron chi connectivity index (χ1n) is 9.74. The molecule has 0 fully saturated rings. The standard InChI is InChI=1S/C25H27N3O/c1-17-8-6-7-9-23(17)28-27-21-14-15-22(18(2)16-21)26-24(29)19-10-12-20(13-11-19)25(3,4)5/h6-16H,1-5H3,(H,26,29). The molecule has 4 heteroatoms. The number of nitrogens with zero attached hydrogens (tertiary/aromatic N) is 2. The third kappa shape index (κ3) is 5.17. The average molecular weight is 386 g/mol. The Hall–Kier alpha value is -3.27. The van der Waals surface area contributed by atoms with Gasteiger partial charge in [0.1, 0.15) is 0 Å². The minimum absolute atomic E-state index is 0.0638. The summed E-state index contributed by atoms with van der Waals surface area (Å²) in [5, 5.41) is 11.6. The van der Waals surface area contributed by atoms with E-state index in [4.69, 9.17) is 0 Å². The number of aryl methyl sites for hydroxylation is 2. The van der Waals surface area contributed by atoms with Crippen LogP contribution in [0.1, 0.15) is 47.8 Å². The molecule has 4 nitrogen and oxygen atoms in total. The molecule has 0 saturated carbocycles. The fourth-order valence-corrected chi connectivity index (χ4v) is 2.95. The zero-order valence-electron chi connectivity index (χ0n) is 17.7. The second kappa shape index (κ2) is 8.39. The van der Waals surface area contributed by atoms with Gasteiger partial charge in [0.25, 0.3) is 5.91 Å². The van der Waals surface area contributed by atoms with E-state index in [0.717, 1.165) is 28.2 Å². The molecule has 0 aliphatic heterocycles. The molecule has 148 valence electrons. The monoisotopic (exact) mass is 385 g/mol. The number of hydrogen-bond acceptors (Lipinski definition) is 3. The highest BCUT2D eigenvalue weighted by molar-refractivity contribution is 6.04. The molecule has 0 unspecified atom stereocenters. The number of nitrogens with one attached hydrogen (secondary N) is 1. The third-order valence-corrected chi connectivity index (χ3v) is 4.86. The normalized spacial score (nSPS) is 11.6. The maximum Gasteiger partial charge on any atom is 0.255 e. The molecule has 0 atom stereocenters. The van der Waals surface area contributed by atoms with E-state index in [1.54, 1.807) is 0 Å². The van der Waals surface area contributed by atoms with Gasteiger partial charge in [-0.25, -0.2) is 0 Å². The molecule has 1 N–H and O–H groups in total. The van der Waals surface area contributed by atoms with E-state index in [1.165, 1.54) is 5.56 Å². The highest BCUT2D eigenvalue weighted by Gasteiger charge is 2.14. The highest BCUT2D eigenvalue weighted by atomic mass is 16.1. The minimum Gasteiger partial charge on any atom is -0.322 e. The first-order chi connectivity index (χ1) is 13.7. The second-order valence-corrected chi connectivity index (χ2v) is 8.27. The molecule has 0 spiro atoms. The fraction of sp³-hybridized carbons (Fsp3) is 0.240. The zero-order valence-corrected chi connectivity index (χ0v) is 17.7. The predicted octanol–water partition coefficient (Wildman–Crippen LogP) is 7.27. The predicted molar refractivity (Wildman–Crippen MR) is 120 cm³/mol. The summed E-state index contributed by atoms with van der Waals surface area (Å²) in [6, 6.07) is 21.3. The van der Waals surface area contributed by atoms with Crippen molar-refractivity contribution in [1.82, 2.24) is 0 Å². The van der Waals surface area contributed by atoms with Crippen molar-refractivity contribution in [2.24, 2.45) is 10.2 Å². The quantitative estimate of drug-likeness (QED) is 0.472. The van der Waals surface area contributed by atoms with Crippen LogP contribution in [0.5, 0.6) is 0 Å². The second-order valence-electron chi connectivity index (χ2n) is 8.27. The number of carbonyl (C=O) groups is 1. The summed E-state index contributed by atoms with van der Waals surface area (Å²) in [4.78, 5) is 12.6. The molecule has 0 radical (unpaired) electrons. The lowest BCUT2D eigenvalue weighted by molar-refractivity contribution is 0.102. The van der Waals surface area contributed by atoms with Crippen LogP contribution in [0.15, 0.2) is 77.0 Å². The maximum atomic E-state index is 12.6. The highest BCUT2D eigenvalue weighted by Crippen LogP contribution is 2.26. The Morgan fingerprint density at radius 1 is 0.828 bits per heavy atom. The van der Waals surface area contributed by atoms with Crippen LogP contribution in [0, 0.1) is 13.8 Å². The van der Waals surface area contributed by atoms with E-state index in [9.17, 15) is 4.79 Å². The van der Waals surface area contributed by atoms with Gasteiger partial charge in [0.15, 0.2) is 0 Å². The Balaban J connectivity index is 1.72. The van der Waals surface area contributed by atoms with E-state index in [2.05, 4.69) is 36.3 Å². The van der Waals surface area contributed by atoms with Gasteiger partial charge in [-0.15, -0.1) is 0 Å². The molecule has 29 heavy (non-hydrogen) atoms. The van der Waals surface area contributed by atoms with Gasteiger partial charge in [0, 0.05) is 11.3 Å². The van der Waals surface area contributed by atoms with Crippen LogP contribution in [0.25, 0.3) is 0 Å². The van der Waals surface area contributed by atoms with Crippen molar-refractivity contribution in [3.05, 3.63) is 89.0 Å². The number of hydrogen-bond donors (Lipinski definition) is 1. The van der Waals surface area contributed by atoms with Crippen LogP contribution in [-0.4, -0.2) is 5.91 Å². The van der Waals surface area contributed by atoms with Gasteiger partial charge in [0.2, 0.25) is 0 Å². The van der Waals surface area contributed by atoms with Crippen LogP contribution in [0.2, 0.25) is 0 Å². The summed E-state index contributed by atoms with van der Waals surface area (Å²) in [5.41, 5.74) is 6.28. The summed E-state index contributed by atoms with van der Waals surface area (Å²) in [7, 11) is 0. The fourth-order valence-electron chi connectivity index (χ4n) is 2.95. The Morgan fingerprint density at radius 2 is 1.52 bits per heavy atom. The van der Waals surface area contributed by atoms with Gasteiger partial charge >= 0.3 is 0 Å². The smallest absolute Gasteiger partial charge is 0.255 e. The Labute approximate surface area is 172 Å². The summed E-state index contributed by atoms with van der Waals surface area (Å²) < 4.78 is 0. The molecular formula is C25H27N3O. The van der Waals surface area contributed by atoms with E-state index in [1.807, 2.05) is 80.6 Å². The Kier molecular flexibility index (Phi) is 5.92. The van der Waals surface area contributed by atoms with Crippen LogP contribution in [0.3, 0.4) is 0 Å². The number of amides is 1. The van der Waals surface area contributed by atoms with Crippen molar-refractivity contribution in [2.45, 2.75) is 40.0 Å². The number of benzene rings is 3. The van der Waals surface area contributed by atoms with Crippen molar-refractivity contribution in [1.29, 1.82) is 0 Å². The van der Waals surface area contributed by atoms with E-state index < -0.39 is 0 Å². The average Bonchev–Trinajstić information content (AvgIpc) is 2.68. The van der Waals surface area contributed by atoms with Crippen molar-refractivity contribution in [3.63, 3.8) is 0 Å². The maximum absolute atomic E-state index is 12.6. The molecular weight excluding hydrogens is 358 g/mol.